The lowest BCUT2D eigenvalue weighted by Crippen LogP contribution is -2.31. The number of likely N-dealkylation sites (tertiary alicyclic amines) is 1. The van der Waals surface area contributed by atoms with Gasteiger partial charge in [0.15, 0.2) is 6.61 Å². The molecule has 1 aromatic carbocycles. The molecule has 0 radical (unpaired) electrons. The van der Waals surface area contributed by atoms with Crippen molar-refractivity contribution >= 4 is 18.0 Å². The number of hydrogen-bond acceptors (Lipinski definition) is 4. The summed E-state index contributed by atoms with van der Waals surface area (Å²) < 4.78 is 4.91. The van der Waals surface area contributed by atoms with E-state index >= 15 is 0 Å². The summed E-state index contributed by atoms with van der Waals surface area (Å²) in [5, 5.41) is 8.68. The van der Waals surface area contributed by atoms with E-state index in [0.29, 0.717) is 5.56 Å². The van der Waals surface area contributed by atoms with Crippen LogP contribution in [0.5, 0.6) is 0 Å². The van der Waals surface area contributed by atoms with E-state index < -0.39 is 5.97 Å². The topological polar surface area (TPSA) is 70.4 Å². The quantitative estimate of drug-likeness (QED) is 0.623. The smallest absolute Gasteiger partial charge is 0.331 e. The van der Waals surface area contributed by atoms with Gasteiger partial charge in [0.25, 0.3) is 5.91 Å². The van der Waals surface area contributed by atoms with Crippen molar-refractivity contribution in [3.63, 3.8) is 0 Å². The van der Waals surface area contributed by atoms with Gasteiger partial charge in [-0.15, -0.1) is 0 Å². The van der Waals surface area contributed by atoms with Gasteiger partial charge < -0.3 is 9.64 Å². The van der Waals surface area contributed by atoms with Crippen molar-refractivity contribution in [1.29, 1.82) is 5.26 Å². The standard InChI is InChI=1S/C16H16N2O3/c17-11-14-5-3-13(4-6-14)7-8-16(20)21-12-15(19)18-9-1-2-10-18/h3-8H,1-2,9-10,12H2/b8-7+. The third kappa shape index (κ3) is 4.46. The first-order valence-corrected chi connectivity index (χ1v) is 6.82. The number of ether oxygens (including phenoxy) is 1. The van der Waals surface area contributed by atoms with Crippen LogP contribution in [-0.2, 0) is 14.3 Å². The van der Waals surface area contributed by atoms with E-state index in [-0.39, 0.29) is 12.5 Å². The molecule has 1 fully saturated rings. The van der Waals surface area contributed by atoms with E-state index in [1.165, 1.54) is 6.08 Å². The number of nitriles is 1. The highest BCUT2D eigenvalue weighted by molar-refractivity contribution is 5.89. The van der Waals surface area contributed by atoms with Crippen LogP contribution in [0.3, 0.4) is 0 Å². The lowest BCUT2D eigenvalue weighted by molar-refractivity contribution is -0.147. The molecule has 0 spiro atoms. The number of rotatable bonds is 4. The van der Waals surface area contributed by atoms with Crippen LogP contribution in [0.25, 0.3) is 6.08 Å². The Labute approximate surface area is 123 Å². The Balaban J connectivity index is 1.79. The molecule has 0 N–H and O–H groups in total. The van der Waals surface area contributed by atoms with Gasteiger partial charge in [-0.3, -0.25) is 4.79 Å². The van der Waals surface area contributed by atoms with Crippen molar-refractivity contribution in [3.8, 4) is 6.07 Å². The van der Waals surface area contributed by atoms with Crippen molar-refractivity contribution in [2.45, 2.75) is 12.8 Å². The second kappa shape index (κ2) is 7.25. The second-order valence-electron chi connectivity index (χ2n) is 4.76. The van der Waals surface area contributed by atoms with Crippen LogP contribution < -0.4 is 0 Å². The summed E-state index contributed by atoms with van der Waals surface area (Å²) >= 11 is 0. The summed E-state index contributed by atoms with van der Waals surface area (Å²) in [4.78, 5) is 24.9. The van der Waals surface area contributed by atoms with Gasteiger partial charge in [-0.2, -0.15) is 5.26 Å². The fourth-order valence-electron chi connectivity index (χ4n) is 2.07. The summed E-state index contributed by atoms with van der Waals surface area (Å²) in [5.41, 5.74) is 1.35. The lowest BCUT2D eigenvalue weighted by atomic mass is 10.1. The first-order valence-electron chi connectivity index (χ1n) is 6.82. The van der Waals surface area contributed by atoms with Crippen LogP contribution >= 0.6 is 0 Å². The molecule has 1 aromatic rings. The zero-order valence-electron chi connectivity index (χ0n) is 11.6. The Bertz CT molecular complexity index is 579. The Hall–Kier alpha value is -2.61. The minimum atomic E-state index is -0.549. The number of amides is 1. The summed E-state index contributed by atoms with van der Waals surface area (Å²) in [6.45, 7) is 1.28. The molecule has 1 heterocycles. The van der Waals surface area contributed by atoms with Crippen LogP contribution in [-0.4, -0.2) is 36.5 Å². The number of carbonyl (C=O) groups is 2. The minimum Gasteiger partial charge on any atom is -0.452 e. The van der Waals surface area contributed by atoms with Crippen LogP contribution in [0.15, 0.2) is 30.3 Å². The molecule has 1 saturated heterocycles. The molecule has 1 aliphatic heterocycles. The fraction of sp³-hybridized carbons (Fsp3) is 0.312. The molecule has 5 heteroatoms. The molecule has 21 heavy (non-hydrogen) atoms. The molecule has 0 saturated carbocycles. The molecule has 0 atom stereocenters. The SMILES string of the molecule is N#Cc1ccc(/C=C/C(=O)OCC(=O)N2CCCC2)cc1. The number of esters is 1. The molecule has 1 amide bonds. The van der Waals surface area contributed by atoms with Crippen molar-refractivity contribution in [3.05, 3.63) is 41.5 Å². The van der Waals surface area contributed by atoms with E-state index in [2.05, 4.69) is 0 Å². The number of benzene rings is 1. The van der Waals surface area contributed by atoms with E-state index in [9.17, 15) is 9.59 Å². The number of nitrogens with zero attached hydrogens (tertiary/aromatic N) is 2. The first-order chi connectivity index (χ1) is 10.2. The zero-order chi connectivity index (χ0) is 15.1. The van der Waals surface area contributed by atoms with Crippen molar-refractivity contribution < 1.29 is 14.3 Å². The highest BCUT2D eigenvalue weighted by Crippen LogP contribution is 2.08. The van der Waals surface area contributed by atoms with Crippen LogP contribution in [0.2, 0.25) is 0 Å². The van der Waals surface area contributed by atoms with Gasteiger partial charge in [0.05, 0.1) is 11.6 Å². The zero-order valence-corrected chi connectivity index (χ0v) is 11.6. The average Bonchev–Trinajstić information content (AvgIpc) is 3.05. The van der Waals surface area contributed by atoms with E-state index in [4.69, 9.17) is 10.00 Å². The largest absolute Gasteiger partial charge is 0.452 e. The molecule has 0 bridgehead atoms. The van der Waals surface area contributed by atoms with E-state index in [1.54, 1.807) is 35.2 Å². The molecule has 0 aromatic heterocycles. The monoisotopic (exact) mass is 284 g/mol. The minimum absolute atomic E-state index is 0.146. The molecule has 2 rings (SSSR count). The summed E-state index contributed by atoms with van der Waals surface area (Å²) in [6.07, 6.45) is 4.89. The molecule has 0 aliphatic carbocycles. The van der Waals surface area contributed by atoms with Gasteiger partial charge in [-0.1, -0.05) is 12.1 Å². The van der Waals surface area contributed by atoms with Gasteiger partial charge >= 0.3 is 5.97 Å². The van der Waals surface area contributed by atoms with Crippen molar-refractivity contribution in [2.75, 3.05) is 19.7 Å². The molecule has 108 valence electrons. The normalized spacial score (nSPS) is 14.1. The molecular weight excluding hydrogens is 268 g/mol. The van der Waals surface area contributed by atoms with Gasteiger partial charge in [0.1, 0.15) is 0 Å². The molecule has 1 aliphatic rings. The molecule has 5 nitrogen and oxygen atoms in total. The fourth-order valence-corrected chi connectivity index (χ4v) is 2.07. The number of hydrogen-bond donors (Lipinski definition) is 0. The van der Waals surface area contributed by atoms with E-state index in [0.717, 1.165) is 31.5 Å². The maximum absolute atomic E-state index is 11.7. The maximum Gasteiger partial charge on any atom is 0.331 e. The van der Waals surface area contributed by atoms with Gasteiger partial charge in [0.2, 0.25) is 0 Å². The summed E-state index contributed by atoms with van der Waals surface area (Å²) in [6, 6.07) is 8.83. The molecular formula is C16H16N2O3. The Morgan fingerprint density at radius 2 is 1.90 bits per heavy atom. The van der Waals surface area contributed by atoms with Gasteiger partial charge in [0, 0.05) is 19.2 Å². The lowest BCUT2D eigenvalue weighted by Gasteiger charge is -2.14. The maximum atomic E-state index is 11.7. The second-order valence-corrected chi connectivity index (χ2v) is 4.76. The summed E-state index contributed by atoms with van der Waals surface area (Å²) in [7, 11) is 0. The van der Waals surface area contributed by atoms with E-state index in [1.807, 2.05) is 6.07 Å². The van der Waals surface area contributed by atoms with Crippen LogP contribution in [0.1, 0.15) is 24.0 Å². The third-order valence-electron chi connectivity index (χ3n) is 3.25. The Morgan fingerprint density at radius 3 is 2.52 bits per heavy atom. The highest BCUT2D eigenvalue weighted by atomic mass is 16.5. The Kier molecular flexibility index (Phi) is 5.10. The average molecular weight is 284 g/mol. The van der Waals surface area contributed by atoms with Crippen LogP contribution in [0, 0.1) is 11.3 Å². The van der Waals surface area contributed by atoms with Crippen molar-refractivity contribution in [1.82, 2.24) is 4.90 Å². The summed E-state index contributed by atoms with van der Waals surface area (Å²) in [5.74, 6) is -0.695. The van der Waals surface area contributed by atoms with Crippen molar-refractivity contribution in [2.24, 2.45) is 0 Å². The predicted molar refractivity (Wildman–Crippen MR) is 77.0 cm³/mol. The predicted octanol–water partition coefficient (Wildman–Crippen LogP) is 1.74. The third-order valence-corrected chi connectivity index (χ3v) is 3.25. The number of carbonyl (C=O) groups excluding carboxylic acids is 2. The Morgan fingerprint density at radius 1 is 1.24 bits per heavy atom. The first kappa shape index (κ1) is 14.8. The van der Waals surface area contributed by atoms with Gasteiger partial charge in [-0.25, -0.2) is 4.79 Å². The molecule has 0 unspecified atom stereocenters. The van der Waals surface area contributed by atoms with Crippen LogP contribution in [0.4, 0.5) is 0 Å². The highest BCUT2D eigenvalue weighted by Gasteiger charge is 2.18. The van der Waals surface area contributed by atoms with Gasteiger partial charge in [-0.05, 0) is 36.6 Å².